The van der Waals surface area contributed by atoms with Crippen molar-refractivity contribution in [2.75, 3.05) is 0 Å². The van der Waals surface area contributed by atoms with E-state index in [9.17, 15) is 4.79 Å². The summed E-state index contributed by atoms with van der Waals surface area (Å²) in [5, 5.41) is 3.42. The predicted molar refractivity (Wildman–Crippen MR) is 67.7 cm³/mol. The minimum Gasteiger partial charge on any atom is -0.308 e. The fourth-order valence-electron chi connectivity index (χ4n) is 1.38. The van der Waals surface area contributed by atoms with Crippen molar-refractivity contribution in [2.45, 2.75) is 46.2 Å². The zero-order chi connectivity index (χ0) is 12.2. The van der Waals surface area contributed by atoms with Gasteiger partial charge >= 0.3 is 0 Å². The van der Waals surface area contributed by atoms with Gasteiger partial charge in [-0.1, -0.05) is 31.2 Å². The second kappa shape index (κ2) is 5.26. The molecule has 0 spiro atoms. The van der Waals surface area contributed by atoms with Crippen LogP contribution in [0, 0.1) is 0 Å². The first-order valence-electron chi connectivity index (χ1n) is 5.79. The first-order valence-corrected chi connectivity index (χ1v) is 5.79. The SMILES string of the molecule is CCC(=O)c1ccc(CNC(C)(C)C)cc1. The number of Topliss-reactive ketones (excluding diaryl/α,β-unsaturated/α-hetero) is 1. The fraction of sp³-hybridized carbons (Fsp3) is 0.500. The summed E-state index contributed by atoms with van der Waals surface area (Å²) < 4.78 is 0. The van der Waals surface area contributed by atoms with E-state index in [2.05, 4.69) is 26.1 Å². The molecule has 0 saturated carbocycles. The highest BCUT2D eigenvalue weighted by Gasteiger charge is 2.08. The molecular weight excluding hydrogens is 198 g/mol. The molecule has 0 aromatic heterocycles. The van der Waals surface area contributed by atoms with Gasteiger partial charge in [0.05, 0.1) is 0 Å². The van der Waals surface area contributed by atoms with Crippen LogP contribution in [0.3, 0.4) is 0 Å². The van der Waals surface area contributed by atoms with E-state index in [0.717, 1.165) is 12.1 Å². The number of benzene rings is 1. The number of nitrogens with one attached hydrogen (secondary N) is 1. The van der Waals surface area contributed by atoms with E-state index in [0.29, 0.717) is 6.42 Å². The first kappa shape index (κ1) is 12.9. The van der Waals surface area contributed by atoms with E-state index in [1.54, 1.807) is 0 Å². The summed E-state index contributed by atoms with van der Waals surface area (Å²) in [6.07, 6.45) is 0.569. The van der Waals surface area contributed by atoms with Gasteiger partial charge in [-0.25, -0.2) is 0 Å². The van der Waals surface area contributed by atoms with Gasteiger partial charge in [-0.05, 0) is 26.3 Å². The van der Waals surface area contributed by atoms with Crippen LogP contribution in [0.4, 0.5) is 0 Å². The third-order valence-electron chi connectivity index (χ3n) is 2.42. The number of rotatable bonds is 4. The Bertz CT molecular complexity index is 346. The van der Waals surface area contributed by atoms with Gasteiger partial charge in [0.25, 0.3) is 0 Å². The van der Waals surface area contributed by atoms with E-state index >= 15 is 0 Å². The van der Waals surface area contributed by atoms with Crippen LogP contribution in [0.5, 0.6) is 0 Å². The molecule has 0 atom stereocenters. The highest BCUT2D eigenvalue weighted by molar-refractivity contribution is 5.95. The molecule has 0 aliphatic rings. The molecule has 1 rings (SSSR count). The van der Waals surface area contributed by atoms with Gasteiger partial charge in [0.2, 0.25) is 0 Å². The van der Waals surface area contributed by atoms with E-state index in [1.807, 2.05) is 31.2 Å². The Morgan fingerprint density at radius 3 is 2.19 bits per heavy atom. The lowest BCUT2D eigenvalue weighted by Gasteiger charge is -2.20. The lowest BCUT2D eigenvalue weighted by molar-refractivity contribution is 0.0988. The normalized spacial score (nSPS) is 11.5. The average Bonchev–Trinajstić information content (AvgIpc) is 2.25. The molecule has 0 unspecified atom stereocenters. The van der Waals surface area contributed by atoms with Crippen LogP contribution < -0.4 is 5.32 Å². The second-order valence-electron chi connectivity index (χ2n) is 5.08. The molecule has 1 N–H and O–H groups in total. The van der Waals surface area contributed by atoms with E-state index in [4.69, 9.17) is 0 Å². The summed E-state index contributed by atoms with van der Waals surface area (Å²) >= 11 is 0. The Morgan fingerprint density at radius 1 is 1.19 bits per heavy atom. The van der Waals surface area contributed by atoms with Crippen molar-refractivity contribution >= 4 is 5.78 Å². The molecule has 0 radical (unpaired) electrons. The monoisotopic (exact) mass is 219 g/mol. The largest absolute Gasteiger partial charge is 0.308 e. The van der Waals surface area contributed by atoms with Crippen LogP contribution in [-0.2, 0) is 6.54 Å². The zero-order valence-electron chi connectivity index (χ0n) is 10.6. The minimum absolute atomic E-state index is 0.123. The van der Waals surface area contributed by atoms with Gasteiger partial charge in [-0.15, -0.1) is 0 Å². The molecule has 0 fully saturated rings. The van der Waals surface area contributed by atoms with Crippen LogP contribution in [0.2, 0.25) is 0 Å². The van der Waals surface area contributed by atoms with Gasteiger partial charge in [0.15, 0.2) is 5.78 Å². The standard InChI is InChI=1S/C14H21NO/c1-5-13(16)12-8-6-11(7-9-12)10-15-14(2,3)4/h6-9,15H,5,10H2,1-4H3. The number of carbonyl (C=O) groups is 1. The molecule has 1 aromatic carbocycles. The van der Waals surface area contributed by atoms with Gasteiger partial charge in [0, 0.05) is 24.1 Å². The van der Waals surface area contributed by atoms with Crippen LogP contribution >= 0.6 is 0 Å². The van der Waals surface area contributed by atoms with Gasteiger partial charge < -0.3 is 5.32 Å². The van der Waals surface area contributed by atoms with Crippen molar-refractivity contribution in [3.63, 3.8) is 0 Å². The summed E-state index contributed by atoms with van der Waals surface area (Å²) in [5.41, 5.74) is 2.14. The van der Waals surface area contributed by atoms with Crippen LogP contribution in [-0.4, -0.2) is 11.3 Å². The van der Waals surface area contributed by atoms with E-state index < -0.39 is 0 Å². The third-order valence-corrected chi connectivity index (χ3v) is 2.42. The summed E-state index contributed by atoms with van der Waals surface area (Å²) in [7, 11) is 0. The van der Waals surface area contributed by atoms with Crippen molar-refractivity contribution in [3.8, 4) is 0 Å². The van der Waals surface area contributed by atoms with Gasteiger partial charge in [-0.3, -0.25) is 4.79 Å². The molecule has 88 valence electrons. The lowest BCUT2D eigenvalue weighted by atomic mass is 10.1. The zero-order valence-corrected chi connectivity index (χ0v) is 10.6. The second-order valence-corrected chi connectivity index (χ2v) is 5.08. The Morgan fingerprint density at radius 2 is 1.75 bits per heavy atom. The fourth-order valence-corrected chi connectivity index (χ4v) is 1.38. The molecule has 16 heavy (non-hydrogen) atoms. The Kier molecular flexibility index (Phi) is 4.25. The maximum atomic E-state index is 11.4. The summed E-state index contributed by atoms with van der Waals surface area (Å²) in [6.45, 7) is 9.15. The summed E-state index contributed by atoms with van der Waals surface area (Å²) in [5.74, 6) is 0.204. The number of carbonyl (C=O) groups excluding carboxylic acids is 1. The van der Waals surface area contributed by atoms with Crippen LogP contribution in [0.25, 0.3) is 0 Å². The van der Waals surface area contributed by atoms with Crippen LogP contribution in [0.1, 0.15) is 50.0 Å². The minimum atomic E-state index is 0.123. The molecule has 1 aromatic rings. The molecule has 0 aliphatic heterocycles. The summed E-state index contributed by atoms with van der Waals surface area (Å²) in [4.78, 5) is 11.4. The molecule has 0 heterocycles. The van der Waals surface area contributed by atoms with Gasteiger partial charge in [0.1, 0.15) is 0 Å². The summed E-state index contributed by atoms with van der Waals surface area (Å²) in [6, 6.07) is 7.85. The van der Waals surface area contributed by atoms with Crippen molar-refractivity contribution in [2.24, 2.45) is 0 Å². The van der Waals surface area contributed by atoms with Crippen molar-refractivity contribution in [3.05, 3.63) is 35.4 Å². The highest BCUT2D eigenvalue weighted by atomic mass is 16.1. The average molecular weight is 219 g/mol. The van der Waals surface area contributed by atoms with Gasteiger partial charge in [-0.2, -0.15) is 0 Å². The van der Waals surface area contributed by atoms with E-state index in [1.165, 1.54) is 5.56 Å². The third kappa shape index (κ3) is 4.15. The molecule has 0 amide bonds. The molecule has 0 bridgehead atoms. The maximum absolute atomic E-state index is 11.4. The van der Waals surface area contributed by atoms with Crippen molar-refractivity contribution < 1.29 is 4.79 Å². The topological polar surface area (TPSA) is 29.1 Å². The number of hydrogen-bond donors (Lipinski definition) is 1. The Balaban J connectivity index is 2.62. The van der Waals surface area contributed by atoms with E-state index in [-0.39, 0.29) is 11.3 Å². The van der Waals surface area contributed by atoms with Crippen molar-refractivity contribution in [1.82, 2.24) is 5.32 Å². The quantitative estimate of drug-likeness (QED) is 0.788. The Labute approximate surface area is 98.1 Å². The molecule has 2 heteroatoms. The highest BCUT2D eigenvalue weighted by Crippen LogP contribution is 2.08. The molecule has 0 aliphatic carbocycles. The number of hydrogen-bond acceptors (Lipinski definition) is 2. The molecule has 2 nitrogen and oxygen atoms in total. The number of ketones is 1. The predicted octanol–water partition coefficient (Wildman–Crippen LogP) is 3.17. The first-order chi connectivity index (χ1) is 7.42. The Hall–Kier alpha value is -1.15. The molecule has 0 saturated heterocycles. The lowest BCUT2D eigenvalue weighted by Crippen LogP contribution is -2.35. The van der Waals surface area contributed by atoms with Crippen molar-refractivity contribution in [1.29, 1.82) is 0 Å². The smallest absolute Gasteiger partial charge is 0.162 e. The maximum Gasteiger partial charge on any atom is 0.162 e. The molecular formula is C14H21NO. The van der Waals surface area contributed by atoms with Crippen LogP contribution in [0.15, 0.2) is 24.3 Å².